The molecule has 1 aliphatic heterocycles. The van der Waals surface area contributed by atoms with Crippen LogP contribution in [0.5, 0.6) is 17.2 Å². The van der Waals surface area contributed by atoms with E-state index in [2.05, 4.69) is 11.0 Å². The van der Waals surface area contributed by atoms with E-state index in [1.54, 1.807) is 13.2 Å². The maximum atomic E-state index is 13.0. The molecule has 0 atom stereocenters. The second kappa shape index (κ2) is 9.35. The van der Waals surface area contributed by atoms with Gasteiger partial charge >= 0.3 is 0 Å². The number of benzene rings is 2. The molecule has 0 N–H and O–H groups in total. The molecule has 0 spiro atoms. The quantitative estimate of drug-likeness (QED) is 0.732. The van der Waals surface area contributed by atoms with E-state index in [0.29, 0.717) is 43.4 Å². The standard InChI is InChI=1S/C22H28N2O4/c1-4-27-20-11-10-17(16-21(20)28-5-2)22(25)24-14-12-23(13-15-24)18-8-6-7-9-19(18)26-3/h6-11,16H,4-5,12-15H2,1-3H3. The number of methoxy groups -OCH3 is 1. The molecule has 1 heterocycles. The first-order valence-electron chi connectivity index (χ1n) is 9.74. The van der Waals surface area contributed by atoms with E-state index < -0.39 is 0 Å². The summed E-state index contributed by atoms with van der Waals surface area (Å²) in [5.74, 6) is 2.16. The van der Waals surface area contributed by atoms with Gasteiger partial charge in [0, 0.05) is 31.7 Å². The molecule has 150 valence electrons. The zero-order chi connectivity index (χ0) is 19.9. The summed E-state index contributed by atoms with van der Waals surface area (Å²) in [6.45, 7) is 7.77. The van der Waals surface area contributed by atoms with Crippen LogP contribution in [-0.4, -0.2) is 57.3 Å². The lowest BCUT2D eigenvalue weighted by atomic mass is 10.1. The zero-order valence-electron chi connectivity index (χ0n) is 16.8. The minimum atomic E-state index is 0.0173. The van der Waals surface area contributed by atoms with E-state index >= 15 is 0 Å². The van der Waals surface area contributed by atoms with Crippen molar-refractivity contribution in [2.24, 2.45) is 0 Å². The highest BCUT2D eigenvalue weighted by atomic mass is 16.5. The van der Waals surface area contributed by atoms with Gasteiger partial charge < -0.3 is 24.0 Å². The second-order valence-corrected chi connectivity index (χ2v) is 6.48. The third-order valence-corrected chi connectivity index (χ3v) is 4.78. The largest absolute Gasteiger partial charge is 0.495 e. The molecule has 1 saturated heterocycles. The zero-order valence-corrected chi connectivity index (χ0v) is 16.8. The number of nitrogens with zero attached hydrogens (tertiary/aromatic N) is 2. The summed E-state index contributed by atoms with van der Waals surface area (Å²) < 4.78 is 16.7. The molecule has 0 bridgehead atoms. The lowest BCUT2D eigenvalue weighted by Gasteiger charge is -2.36. The van der Waals surface area contributed by atoms with Crippen LogP contribution in [0.25, 0.3) is 0 Å². The molecule has 1 aliphatic rings. The van der Waals surface area contributed by atoms with E-state index in [0.717, 1.165) is 24.5 Å². The van der Waals surface area contributed by atoms with Gasteiger partial charge in [-0.15, -0.1) is 0 Å². The van der Waals surface area contributed by atoms with Crippen molar-refractivity contribution in [3.8, 4) is 17.2 Å². The highest BCUT2D eigenvalue weighted by Gasteiger charge is 2.24. The van der Waals surface area contributed by atoms with Gasteiger partial charge in [0.1, 0.15) is 5.75 Å². The number of piperazine rings is 1. The lowest BCUT2D eigenvalue weighted by molar-refractivity contribution is 0.0746. The number of carbonyl (C=O) groups excluding carboxylic acids is 1. The van der Waals surface area contributed by atoms with Crippen LogP contribution in [0.2, 0.25) is 0 Å². The topological polar surface area (TPSA) is 51.2 Å². The summed E-state index contributed by atoms with van der Waals surface area (Å²) in [6, 6.07) is 13.4. The van der Waals surface area contributed by atoms with Crippen molar-refractivity contribution in [1.82, 2.24) is 4.90 Å². The SMILES string of the molecule is CCOc1ccc(C(=O)N2CCN(c3ccccc3OC)CC2)cc1OCC. The van der Waals surface area contributed by atoms with Crippen molar-refractivity contribution in [1.29, 1.82) is 0 Å². The number of ether oxygens (including phenoxy) is 3. The summed E-state index contributed by atoms with van der Waals surface area (Å²) in [5, 5.41) is 0. The molecule has 3 rings (SSSR count). The van der Waals surface area contributed by atoms with Gasteiger partial charge in [0.05, 0.1) is 26.0 Å². The van der Waals surface area contributed by atoms with Gasteiger partial charge in [-0.2, -0.15) is 0 Å². The van der Waals surface area contributed by atoms with Crippen molar-refractivity contribution < 1.29 is 19.0 Å². The highest BCUT2D eigenvalue weighted by molar-refractivity contribution is 5.95. The van der Waals surface area contributed by atoms with Crippen LogP contribution in [0.15, 0.2) is 42.5 Å². The number of amides is 1. The lowest BCUT2D eigenvalue weighted by Crippen LogP contribution is -2.48. The maximum absolute atomic E-state index is 13.0. The van der Waals surface area contributed by atoms with Crippen molar-refractivity contribution >= 4 is 11.6 Å². The molecule has 0 radical (unpaired) electrons. The second-order valence-electron chi connectivity index (χ2n) is 6.48. The van der Waals surface area contributed by atoms with Gasteiger partial charge in [0.15, 0.2) is 11.5 Å². The average molecular weight is 384 g/mol. The molecule has 6 nitrogen and oxygen atoms in total. The number of carbonyl (C=O) groups is 1. The van der Waals surface area contributed by atoms with Crippen molar-refractivity contribution in [2.45, 2.75) is 13.8 Å². The Kier molecular flexibility index (Phi) is 6.63. The Labute approximate surface area is 166 Å². The Bertz CT molecular complexity index is 801. The molecule has 6 heteroatoms. The van der Waals surface area contributed by atoms with E-state index in [1.165, 1.54) is 0 Å². The first-order chi connectivity index (χ1) is 13.7. The number of para-hydroxylation sites is 2. The van der Waals surface area contributed by atoms with Gasteiger partial charge in [0.2, 0.25) is 0 Å². The average Bonchev–Trinajstić information content (AvgIpc) is 2.75. The Morgan fingerprint density at radius 2 is 1.57 bits per heavy atom. The molecule has 2 aromatic rings. The molecule has 0 aromatic heterocycles. The summed E-state index contributed by atoms with van der Waals surface area (Å²) in [6.07, 6.45) is 0. The third kappa shape index (κ3) is 4.32. The van der Waals surface area contributed by atoms with E-state index in [4.69, 9.17) is 14.2 Å². The Balaban J connectivity index is 1.69. The van der Waals surface area contributed by atoms with E-state index in [1.807, 2.05) is 49.1 Å². The van der Waals surface area contributed by atoms with Crippen molar-refractivity contribution in [3.05, 3.63) is 48.0 Å². The fraction of sp³-hybridized carbons (Fsp3) is 0.409. The number of anilines is 1. The predicted octanol–water partition coefficient (Wildman–Crippen LogP) is 3.46. The monoisotopic (exact) mass is 384 g/mol. The summed E-state index contributed by atoms with van der Waals surface area (Å²) >= 11 is 0. The van der Waals surface area contributed by atoms with Gasteiger partial charge in [0.25, 0.3) is 5.91 Å². The van der Waals surface area contributed by atoms with Crippen LogP contribution in [0.4, 0.5) is 5.69 Å². The van der Waals surface area contributed by atoms with Gasteiger partial charge in [-0.1, -0.05) is 12.1 Å². The van der Waals surface area contributed by atoms with E-state index in [-0.39, 0.29) is 5.91 Å². The maximum Gasteiger partial charge on any atom is 0.254 e. The molecule has 0 unspecified atom stereocenters. The summed E-state index contributed by atoms with van der Waals surface area (Å²) in [5.41, 5.74) is 1.69. The fourth-order valence-corrected chi connectivity index (χ4v) is 3.41. The molecule has 28 heavy (non-hydrogen) atoms. The molecule has 1 amide bonds. The highest BCUT2D eigenvalue weighted by Crippen LogP contribution is 2.30. The molecule has 0 saturated carbocycles. The molecule has 1 fully saturated rings. The molecule has 0 aliphatic carbocycles. The predicted molar refractivity (Wildman–Crippen MR) is 110 cm³/mol. The first-order valence-corrected chi connectivity index (χ1v) is 9.74. The molecule has 2 aromatic carbocycles. The van der Waals surface area contributed by atoms with Crippen LogP contribution in [-0.2, 0) is 0 Å². The number of rotatable bonds is 7. The van der Waals surface area contributed by atoms with Crippen molar-refractivity contribution in [3.63, 3.8) is 0 Å². The van der Waals surface area contributed by atoms with Crippen LogP contribution in [0.1, 0.15) is 24.2 Å². The Morgan fingerprint density at radius 3 is 2.25 bits per heavy atom. The third-order valence-electron chi connectivity index (χ3n) is 4.78. The Hall–Kier alpha value is -2.89. The van der Waals surface area contributed by atoms with E-state index in [9.17, 15) is 4.79 Å². The van der Waals surface area contributed by atoms with Crippen LogP contribution in [0.3, 0.4) is 0 Å². The van der Waals surface area contributed by atoms with Crippen LogP contribution < -0.4 is 19.1 Å². The van der Waals surface area contributed by atoms with Gasteiger partial charge in [-0.3, -0.25) is 4.79 Å². The first kappa shape index (κ1) is 19.9. The number of hydrogen-bond donors (Lipinski definition) is 0. The van der Waals surface area contributed by atoms with Gasteiger partial charge in [-0.05, 0) is 44.2 Å². The minimum absolute atomic E-state index is 0.0173. The van der Waals surface area contributed by atoms with Crippen molar-refractivity contribution in [2.75, 3.05) is 51.4 Å². The van der Waals surface area contributed by atoms with Crippen LogP contribution in [0, 0.1) is 0 Å². The minimum Gasteiger partial charge on any atom is -0.495 e. The Morgan fingerprint density at radius 1 is 0.893 bits per heavy atom. The molecular weight excluding hydrogens is 356 g/mol. The van der Waals surface area contributed by atoms with Crippen LogP contribution >= 0.6 is 0 Å². The normalized spacial score (nSPS) is 14.0. The summed E-state index contributed by atoms with van der Waals surface area (Å²) in [4.78, 5) is 17.1. The van der Waals surface area contributed by atoms with Gasteiger partial charge in [-0.25, -0.2) is 0 Å². The number of hydrogen-bond acceptors (Lipinski definition) is 5. The summed E-state index contributed by atoms with van der Waals surface area (Å²) in [7, 11) is 1.68. The molecular formula is C22H28N2O4. The fourth-order valence-electron chi connectivity index (χ4n) is 3.41. The smallest absolute Gasteiger partial charge is 0.254 e.